The minimum atomic E-state index is 0.00527. The summed E-state index contributed by atoms with van der Waals surface area (Å²) in [5, 5.41) is 1.11. The van der Waals surface area contributed by atoms with Gasteiger partial charge in [0.2, 0.25) is 0 Å². The third-order valence-electron chi connectivity index (χ3n) is 19.0. The van der Waals surface area contributed by atoms with Gasteiger partial charge in [-0.15, -0.1) is 0 Å². The SMILES string of the molecule is CC1(C)Cc2ccc(N3c4cc5c(cc4B4c6cc7c(cc6N(c6ccc8c(c6)CC(C)(C)C8)c6cc(N(c8ccc(-c9cc%10ccccc%10o9)cc8)c8ccc(C(C)(C)C)cc8)cc3c64)CC(C)(C)C7)CC(C)(C)C5)cc2C1. The fourth-order valence-electron chi connectivity index (χ4n) is 15.6. The Morgan fingerprint density at radius 3 is 1.32 bits per heavy atom. The Bertz CT molecular complexity index is 3830. The molecule has 0 saturated heterocycles. The molecule has 79 heavy (non-hydrogen) atoms. The first-order valence-corrected chi connectivity index (χ1v) is 29.4. The molecule has 0 amide bonds. The molecule has 0 unspecified atom stereocenters. The van der Waals surface area contributed by atoms with Crippen LogP contribution in [-0.2, 0) is 56.8 Å². The van der Waals surface area contributed by atoms with E-state index in [-0.39, 0.29) is 33.8 Å². The van der Waals surface area contributed by atoms with Crippen LogP contribution in [0, 0.1) is 21.7 Å². The largest absolute Gasteiger partial charge is 0.456 e. The van der Waals surface area contributed by atoms with Crippen molar-refractivity contribution < 1.29 is 4.42 Å². The van der Waals surface area contributed by atoms with Crippen LogP contribution >= 0.6 is 0 Å². The minimum Gasteiger partial charge on any atom is -0.456 e. The van der Waals surface area contributed by atoms with Gasteiger partial charge < -0.3 is 19.1 Å². The molecule has 0 spiro atoms. The Kier molecular flexibility index (Phi) is 10.3. The number of para-hydroxylation sites is 1. The van der Waals surface area contributed by atoms with Crippen molar-refractivity contribution in [3.63, 3.8) is 0 Å². The highest BCUT2D eigenvalue weighted by atomic mass is 16.3. The fourth-order valence-corrected chi connectivity index (χ4v) is 15.6. The lowest BCUT2D eigenvalue weighted by atomic mass is 9.33. The molecule has 0 atom stereocenters. The van der Waals surface area contributed by atoms with E-state index in [4.69, 9.17) is 4.42 Å². The molecule has 3 heterocycles. The maximum Gasteiger partial charge on any atom is 0.252 e. The molecule has 1 aromatic heterocycles. The number of furan rings is 1. The van der Waals surface area contributed by atoms with Crippen LogP contribution in [0.15, 0.2) is 156 Å². The summed E-state index contributed by atoms with van der Waals surface area (Å²) in [6.07, 6.45) is 8.72. The lowest BCUT2D eigenvalue weighted by molar-refractivity contribution is 0.392. The van der Waals surface area contributed by atoms with E-state index in [2.05, 4.69) is 236 Å². The van der Waals surface area contributed by atoms with Crippen LogP contribution in [-0.4, -0.2) is 6.71 Å². The Balaban J connectivity index is 1.03. The molecule has 15 rings (SSSR count). The van der Waals surface area contributed by atoms with E-state index in [1.807, 2.05) is 6.07 Å². The van der Waals surface area contributed by atoms with Crippen LogP contribution in [0.25, 0.3) is 22.3 Å². The standard InChI is InChI=1S/C74H74BN3O/c1-70(2,3)55-20-26-57(27-21-55)76(56-22-16-45(17-23-56)68-34-46-14-12-13-15-67(46)79-68)60-35-65-69-66(36-60)78(59-25-19-48-38-72(6,7)40-50(48)29-59)64-33-54-44-74(10,11)42-52(54)31-62(64)75(69)61-30-51-41-73(8,9)43-53(51)32-63(61)77(65)58-24-18-47-37-71(4,5)39-49(47)28-58/h12-36H,37-44H2,1-11H3. The van der Waals surface area contributed by atoms with Gasteiger partial charge in [0.25, 0.3) is 6.71 Å². The molecule has 4 nitrogen and oxygen atoms in total. The van der Waals surface area contributed by atoms with E-state index >= 15 is 0 Å². The van der Waals surface area contributed by atoms with Gasteiger partial charge in [-0.25, -0.2) is 0 Å². The van der Waals surface area contributed by atoms with Gasteiger partial charge >= 0.3 is 0 Å². The van der Waals surface area contributed by atoms with Gasteiger partial charge in [-0.2, -0.15) is 0 Å². The summed E-state index contributed by atoms with van der Waals surface area (Å²) in [6, 6.07) is 59.7. The van der Waals surface area contributed by atoms with Gasteiger partial charge in [0.05, 0.1) is 5.69 Å². The van der Waals surface area contributed by atoms with Crippen LogP contribution in [0.1, 0.15) is 126 Å². The van der Waals surface area contributed by atoms with Gasteiger partial charge in [-0.3, -0.25) is 0 Å². The molecule has 0 fully saturated rings. The first-order valence-electron chi connectivity index (χ1n) is 29.4. The number of nitrogens with zero attached hydrogens (tertiary/aromatic N) is 3. The van der Waals surface area contributed by atoms with Gasteiger partial charge in [0.15, 0.2) is 0 Å². The van der Waals surface area contributed by atoms with E-state index in [1.165, 1.54) is 101 Å². The normalized spacial score (nSPS) is 18.2. The quantitative estimate of drug-likeness (QED) is 0.155. The Morgan fingerprint density at radius 1 is 0.418 bits per heavy atom. The molecule has 0 bridgehead atoms. The Hall–Kier alpha value is -7.24. The third-order valence-corrected chi connectivity index (χ3v) is 19.0. The van der Waals surface area contributed by atoms with Crippen molar-refractivity contribution >= 4 is 85.3 Å². The van der Waals surface area contributed by atoms with E-state index in [0.717, 1.165) is 90.7 Å². The van der Waals surface area contributed by atoms with Crippen LogP contribution in [0.3, 0.4) is 0 Å². The number of anilines is 9. The molecule has 394 valence electrons. The molecule has 0 saturated carbocycles. The first kappa shape index (κ1) is 48.9. The highest BCUT2D eigenvalue weighted by molar-refractivity contribution is 7.00. The second-order valence-electron chi connectivity index (χ2n) is 29.2. The summed E-state index contributed by atoms with van der Waals surface area (Å²) < 4.78 is 6.47. The third kappa shape index (κ3) is 8.06. The van der Waals surface area contributed by atoms with Crippen LogP contribution < -0.4 is 31.1 Å². The molecule has 8 aromatic carbocycles. The number of fused-ring (bicyclic) bond motifs is 9. The summed E-state index contributed by atoms with van der Waals surface area (Å²) in [5.41, 5.74) is 31.4. The van der Waals surface area contributed by atoms with Gasteiger partial charge in [0.1, 0.15) is 11.3 Å². The average molecular weight is 1030 g/mol. The van der Waals surface area contributed by atoms with E-state index in [0.29, 0.717) is 0 Å². The van der Waals surface area contributed by atoms with E-state index < -0.39 is 0 Å². The summed E-state index contributed by atoms with van der Waals surface area (Å²) in [6.45, 7) is 26.6. The number of rotatable bonds is 6. The number of benzene rings is 8. The fraction of sp³-hybridized carbons (Fsp3) is 0.324. The maximum absolute atomic E-state index is 6.47. The van der Waals surface area contributed by atoms with E-state index in [9.17, 15) is 0 Å². The van der Waals surface area contributed by atoms with Crippen LogP contribution in [0.2, 0.25) is 0 Å². The van der Waals surface area contributed by atoms with Crippen molar-refractivity contribution in [1.82, 2.24) is 0 Å². The zero-order chi connectivity index (χ0) is 54.3. The molecule has 9 aromatic rings. The smallest absolute Gasteiger partial charge is 0.252 e. The lowest BCUT2D eigenvalue weighted by Crippen LogP contribution is -2.61. The topological polar surface area (TPSA) is 22.9 Å². The Morgan fingerprint density at radius 2 is 0.848 bits per heavy atom. The molecule has 0 radical (unpaired) electrons. The Labute approximate surface area is 469 Å². The number of hydrogen-bond acceptors (Lipinski definition) is 4. The highest BCUT2D eigenvalue weighted by Gasteiger charge is 2.47. The summed E-state index contributed by atoms with van der Waals surface area (Å²) in [5.74, 6) is 0.877. The minimum absolute atomic E-state index is 0.00527. The number of hydrogen-bond donors (Lipinski definition) is 0. The molecule has 6 aliphatic rings. The second kappa shape index (κ2) is 16.7. The van der Waals surface area contributed by atoms with Gasteiger partial charge in [0, 0.05) is 56.4 Å². The molecular formula is C74H74BN3O. The molecule has 4 aliphatic carbocycles. The van der Waals surface area contributed by atoms with Crippen molar-refractivity contribution in [2.75, 3.05) is 14.7 Å². The van der Waals surface area contributed by atoms with Crippen molar-refractivity contribution in [3.8, 4) is 11.3 Å². The van der Waals surface area contributed by atoms with Crippen molar-refractivity contribution in [3.05, 3.63) is 202 Å². The molecule has 2 aliphatic heterocycles. The average Bonchev–Trinajstić information content (AvgIpc) is 3.15. The first-order chi connectivity index (χ1) is 37.6. The second-order valence-corrected chi connectivity index (χ2v) is 29.2. The lowest BCUT2D eigenvalue weighted by Gasteiger charge is -2.45. The zero-order valence-electron chi connectivity index (χ0n) is 48.4. The van der Waals surface area contributed by atoms with Crippen molar-refractivity contribution in [2.24, 2.45) is 21.7 Å². The summed E-state index contributed by atoms with van der Waals surface area (Å²) in [7, 11) is 0. The van der Waals surface area contributed by atoms with Gasteiger partial charge in [-0.1, -0.05) is 131 Å². The molecule has 5 heteroatoms. The highest BCUT2D eigenvalue weighted by Crippen LogP contribution is 2.53. The molecular weight excluding hydrogens is 958 g/mol. The summed E-state index contributed by atoms with van der Waals surface area (Å²) >= 11 is 0. The molecule has 0 N–H and O–H groups in total. The van der Waals surface area contributed by atoms with Crippen molar-refractivity contribution in [2.45, 2.75) is 133 Å². The van der Waals surface area contributed by atoms with Crippen molar-refractivity contribution in [1.29, 1.82) is 0 Å². The predicted octanol–water partition coefficient (Wildman–Crippen LogP) is 17.4. The zero-order valence-corrected chi connectivity index (χ0v) is 48.4. The van der Waals surface area contributed by atoms with Crippen LogP contribution in [0.4, 0.5) is 51.2 Å². The summed E-state index contributed by atoms with van der Waals surface area (Å²) in [4.78, 5) is 7.94. The van der Waals surface area contributed by atoms with Crippen LogP contribution in [0.5, 0.6) is 0 Å². The predicted molar refractivity (Wildman–Crippen MR) is 334 cm³/mol. The van der Waals surface area contributed by atoms with Gasteiger partial charge in [-0.05, 0) is 242 Å². The monoisotopic (exact) mass is 1030 g/mol. The maximum atomic E-state index is 6.47. The van der Waals surface area contributed by atoms with E-state index in [1.54, 1.807) is 0 Å².